The lowest BCUT2D eigenvalue weighted by atomic mass is 9.78. The van der Waals surface area contributed by atoms with Crippen LogP contribution in [0.25, 0.3) is 0 Å². The molecule has 1 aliphatic carbocycles. The molecule has 0 unspecified atom stereocenters. The molecular weight excluding hydrogens is 364 g/mol. The Morgan fingerprint density at radius 1 is 1.11 bits per heavy atom. The molecule has 0 aliphatic heterocycles. The minimum atomic E-state index is -1.41. The molecule has 144 valence electrons. The van der Waals surface area contributed by atoms with Gasteiger partial charge in [-0.3, -0.25) is 4.79 Å². The third-order valence-corrected chi connectivity index (χ3v) is 9.37. The number of aryl methyl sites for hydroxylation is 2. The van der Waals surface area contributed by atoms with Gasteiger partial charge in [0.1, 0.15) is 0 Å². The van der Waals surface area contributed by atoms with Gasteiger partial charge in [-0.2, -0.15) is 0 Å². The van der Waals surface area contributed by atoms with Gasteiger partial charge in [-0.15, -0.1) is 11.8 Å². The Labute approximate surface area is 170 Å². The van der Waals surface area contributed by atoms with Crippen LogP contribution in [0.1, 0.15) is 47.7 Å². The third kappa shape index (κ3) is 4.40. The van der Waals surface area contributed by atoms with Gasteiger partial charge in [0.15, 0.2) is 5.78 Å². The first-order valence-electron chi connectivity index (χ1n) is 10.2. The van der Waals surface area contributed by atoms with Crippen LogP contribution in [-0.4, -0.2) is 19.1 Å². The second-order valence-electron chi connectivity index (χ2n) is 8.81. The number of hydrogen-bond acceptors (Lipinski definition) is 2. The topological polar surface area (TPSA) is 17.1 Å². The minimum absolute atomic E-state index is 0.137. The molecule has 3 heteroatoms. The van der Waals surface area contributed by atoms with Crippen molar-refractivity contribution >= 4 is 30.8 Å². The zero-order valence-electron chi connectivity index (χ0n) is 17.3. The molecule has 0 saturated heterocycles. The number of benzene rings is 2. The predicted octanol–water partition coefficient (Wildman–Crippen LogP) is 6.25. The SMILES string of the molecule is CCC[C@H](Sc1ccccc1[Si](C)(C)C)[C@H]1CCc2cccc(C)c2C1=O. The van der Waals surface area contributed by atoms with E-state index in [0.717, 1.165) is 36.8 Å². The summed E-state index contributed by atoms with van der Waals surface area (Å²) < 4.78 is 0. The van der Waals surface area contributed by atoms with E-state index >= 15 is 0 Å². The van der Waals surface area contributed by atoms with Crippen molar-refractivity contribution in [1.29, 1.82) is 0 Å². The second kappa shape index (κ2) is 8.36. The largest absolute Gasteiger partial charge is 0.294 e. The average Bonchev–Trinajstić information content (AvgIpc) is 2.61. The van der Waals surface area contributed by atoms with Gasteiger partial charge >= 0.3 is 0 Å². The monoisotopic (exact) mass is 396 g/mol. The molecule has 3 rings (SSSR count). The predicted molar refractivity (Wildman–Crippen MR) is 121 cm³/mol. The summed E-state index contributed by atoms with van der Waals surface area (Å²) in [5, 5.41) is 1.89. The fourth-order valence-corrected chi connectivity index (χ4v) is 8.22. The number of rotatable bonds is 6. The molecule has 1 nitrogen and oxygen atoms in total. The minimum Gasteiger partial charge on any atom is -0.294 e. The van der Waals surface area contributed by atoms with E-state index in [9.17, 15) is 4.79 Å². The van der Waals surface area contributed by atoms with Gasteiger partial charge in [0.2, 0.25) is 0 Å². The Balaban J connectivity index is 1.92. The smallest absolute Gasteiger partial charge is 0.167 e. The van der Waals surface area contributed by atoms with E-state index in [-0.39, 0.29) is 5.92 Å². The molecule has 0 radical (unpaired) electrons. The van der Waals surface area contributed by atoms with Gasteiger partial charge in [-0.1, -0.05) is 69.4 Å². The maximum atomic E-state index is 13.4. The molecule has 2 aromatic rings. The molecule has 0 fully saturated rings. The molecule has 27 heavy (non-hydrogen) atoms. The molecule has 0 saturated carbocycles. The molecular formula is C24H32OSSi. The van der Waals surface area contributed by atoms with E-state index in [1.165, 1.54) is 15.6 Å². The van der Waals surface area contributed by atoms with Crippen molar-refractivity contribution < 1.29 is 4.79 Å². The Morgan fingerprint density at radius 2 is 1.85 bits per heavy atom. The molecule has 0 spiro atoms. The Kier molecular flexibility index (Phi) is 6.32. The van der Waals surface area contributed by atoms with Crippen molar-refractivity contribution in [1.82, 2.24) is 0 Å². The maximum absolute atomic E-state index is 13.4. The van der Waals surface area contributed by atoms with Gasteiger partial charge in [-0.25, -0.2) is 0 Å². The Morgan fingerprint density at radius 3 is 2.56 bits per heavy atom. The Bertz CT molecular complexity index is 821. The first kappa shape index (κ1) is 20.4. The van der Waals surface area contributed by atoms with E-state index in [4.69, 9.17) is 0 Å². The van der Waals surface area contributed by atoms with Crippen LogP contribution < -0.4 is 5.19 Å². The number of carbonyl (C=O) groups is 1. The number of fused-ring (bicyclic) bond motifs is 1. The zero-order chi connectivity index (χ0) is 19.6. The highest BCUT2D eigenvalue weighted by Crippen LogP contribution is 2.39. The highest BCUT2D eigenvalue weighted by atomic mass is 32.2. The van der Waals surface area contributed by atoms with Crippen LogP contribution in [0, 0.1) is 12.8 Å². The summed E-state index contributed by atoms with van der Waals surface area (Å²) >= 11 is 1.97. The molecule has 2 atom stereocenters. The summed E-state index contributed by atoms with van der Waals surface area (Å²) in [7, 11) is -1.41. The molecule has 2 aromatic carbocycles. The van der Waals surface area contributed by atoms with Crippen molar-refractivity contribution in [2.24, 2.45) is 5.92 Å². The molecule has 1 aliphatic rings. The zero-order valence-corrected chi connectivity index (χ0v) is 19.2. The lowest BCUT2D eigenvalue weighted by Crippen LogP contribution is -2.39. The van der Waals surface area contributed by atoms with E-state index in [2.05, 4.69) is 76.0 Å². The van der Waals surface area contributed by atoms with Crippen LogP contribution in [0.2, 0.25) is 19.6 Å². The van der Waals surface area contributed by atoms with Gasteiger partial charge in [0.05, 0.1) is 8.07 Å². The van der Waals surface area contributed by atoms with Crippen molar-refractivity contribution in [3.8, 4) is 0 Å². The van der Waals surface area contributed by atoms with Crippen LogP contribution in [0.3, 0.4) is 0 Å². The average molecular weight is 397 g/mol. The Hall–Kier alpha value is -1.32. The fourth-order valence-electron chi connectivity index (χ4n) is 4.25. The summed E-state index contributed by atoms with van der Waals surface area (Å²) in [5.41, 5.74) is 3.40. The third-order valence-electron chi connectivity index (χ3n) is 5.66. The first-order valence-corrected chi connectivity index (χ1v) is 14.6. The second-order valence-corrected chi connectivity index (χ2v) is 15.1. The van der Waals surface area contributed by atoms with Gasteiger partial charge in [0.25, 0.3) is 0 Å². The van der Waals surface area contributed by atoms with Gasteiger partial charge in [0, 0.05) is 21.6 Å². The van der Waals surface area contributed by atoms with Crippen molar-refractivity contribution in [2.45, 2.75) is 69.3 Å². The first-order chi connectivity index (χ1) is 12.8. The quantitative estimate of drug-likeness (QED) is 0.424. The number of Topliss-reactive ketones (excluding diaryl/α,β-unsaturated/α-hetero) is 1. The van der Waals surface area contributed by atoms with Crippen LogP contribution in [0.4, 0.5) is 0 Å². The molecule has 0 amide bonds. The number of carbonyl (C=O) groups excluding carboxylic acids is 1. The number of hydrogen-bond donors (Lipinski definition) is 0. The van der Waals surface area contributed by atoms with Crippen molar-refractivity contribution in [3.05, 3.63) is 59.2 Å². The van der Waals surface area contributed by atoms with E-state index in [0.29, 0.717) is 11.0 Å². The fraction of sp³-hybridized carbons (Fsp3) is 0.458. The van der Waals surface area contributed by atoms with E-state index in [1.54, 1.807) is 0 Å². The lowest BCUT2D eigenvalue weighted by Gasteiger charge is -2.32. The lowest BCUT2D eigenvalue weighted by molar-refractivity contribution is 0.0897. The number of thioether (sulfide) groups is 1. The highest BCUT2D eigenvalue weighted by Gasteiger charge is 2.35. The summed E-state index contributed by atoms with van der Waals surface area (Å²) in [6, 6.07) is 15.2. The normalized spacial score (nSPS) is 18.3. The molecule has 0 N–H and O–H groups in total. The van der Waals surface area contributed by atoms with Crippen molar-refractivity contribution in [3.63, 3.8) is 0 Å². The number of ketones is 1. The highest BCUT2D eigenvalue weighted by molar-refractivity contribution is 8.00. The van der Waals surface area contributed by atoms with Crippen molar-refractivity contribution in [2.75, 3.05) is 0 Å². The van der Waals surface area contributed by atoms with Gasteiger partial charge < -0.3 is 0 Å². The standard InChI is InChI=1S/C24H32OSSi/c1-6-10-20(26-21-13-7-8-14-22(21)27(3,4)5)19-16-15-18-12-9-11-17(2)23(18)24(19)25/h7-9,11-14,19-20H,6,10,15-16H2,1-5H3/t19-,20+/m1/s1. The molecule has 0 bridgehead atoms. The summed E-state index contributed by atoms with van der Waals surface area (Å²) in [6.45, 7) is 11.6. The van der Waals surface area contributed by atoms with Crippen LogP contribution in [0.5, 0.6) is 0 Å². The van der Waals surface area contributed by atoms with E-state index < -0.39 is 8.07 Å². The molecule has 0 aromatic heterocycles. The summed E-state index contributed by atoms with van der Waals surface area (Å²) in [4.78, 5) is 14.8. The van der Waals surface area contributed by atoms with Gasteiger partial charge in [-0.05, 0) is 48.6 Å². The van der Waals surface area contributed by atoms with Crippen LogP contribution >= 0.6 is 11.8 Å². The summed E-state index contributed by atoms with van der Waals surface area (Å²) in [6.07, 6.45) is 4.24. The van der Waals surface area contributed by atoms with Crippen LogP contribution in [0.15, 0.2) is 47.4 Å². The molecule has 0 heterocycles. The van der Waals surface area contributed by atoms with Crippen LogP contribution in [-0.2, 0) is 6.42 Å². The maximum Gasteiger partial charge on any atom is 0.167 e. The van der Waals surface area contributed by atoms with E-state index in [1.807, 2.05) is 11.8 Å². The summed E-state index contributed by atoms with van der Waals surface area (Å²) in [5.74, 6) is 0.518.